The maximum Gasteiger partial charge on any atom is 0.260 e. The number of halogens is 1. The van der Waals surface area contributed by atoms with Gasteiger partial charge in [-0.25, -0.2) is 0 Å². The van der Waals surface area contributed by atoms with E-state index < -0.39 is 0 Å². The van der Waals surface area contributed by atoms with E-state index in [0.717, 1.165) is 18.6 Å². The Balaban J connectivity index is 1.61. The van der Waals surface area contributed by atoms with Crippen LogP contribution in [0.2, 0.25) is 5.02 Å². The summed E-state index contributed by atoms with van der Waals surface area (Å²) in [4.78, 5) is 13.8. The summed E-state index contributed by atoms with van der Waals surface area (Å²) in [7, 11) is 3.37. The topological polar surface area (TPSA) is 48.0 Å². The average molecular weight is 378 g/mol. The number of hydrogen-bond acceptors (Lipinski definition) is 4. The third kappa shape index (κ3) is 6.84. The van der Waals surface area contributed by atoms with Gasteiger partial charge in [0.1, 0.15) is 17.2 Å². The highest BCUT2D eigenvalue weighted by atomic mass is 35.5. The van der Waals surface area contributed by atoms with E-state index in [0.29, 0.717) is 29.7 Å². The van der Waals surface area contributed by atoms with Crippen molar-refractivity contribution in [2.75, 3.05) is 33.9 Å². The van der Waals surface area contributed by atoms with Crippen molar-refractivity contribution in [3.63, 3.8) is 0 Å². The number of methoxy groups -OCH3 is 1. The quantitative estimate of drug-likeness (QED) is 0.586. The lowest BCUT2D eigenvalue weighted by atomic mass is 10.3. The highest BCUT2D eigenvalue weighted by Gasteiger charge is 2.09. The van der Waals surface area contributed by atoms with Crippen molar-refractivity contribution < 1.29 is 19.0 Å². The molecule has 0 atom stereocenters. The minimum Gasteiger partial charge on any atom is -0.497 e. The van der Waals surface area contributed by atoms with E-state index in [1.807, 2.05) is 24.3 Å². The lowest BCUT2D eigenvalue weighted by molar-refractivity contribution is -0.132. The molecule has 0 radical (unpaired) electrons. The van der Waals surface area contributed by atoms with Crippen LogP contribution < -0.4 is 14.2 Å². The molecule has 5 nitrogen and oxygen atoms in total. The summed E-state index contributed by atoms with van der Waals surface area (Å²) in [5.41, 5.74) is 0. The van der Waals surface area contributed by atoms with Gasteiger partial charge in [0.25, 0.3) is 5.91 Å². The molecule has 1 amide bonds. The molecule has 26 heavy (non-hydrogen) atoms. The van der Waals surface area contributed by atoms with E-state index in [4.69, 9.17) is 25.8 Å². The predicted molar refractivity (Wildman–Crippen MR) is 102 cm³/mol. The fourth-order valence-electron chi connectivity index (χ4n) is 2.24. The fraction of sp³-hybridized carbons (Fsp3) is 0.350. The molecule has 140 valence electrons. The normalized spacial score (nSPS) is 10.3. The Morgan fingerprint density at radius 3 is 2.46 bits per heavy atom. The molecular formula is C20H24ClNO4. The third-order valence-electron chi connectivity index (χ3n) is 3.80. The number of carbonyl (C=O) groups is 1. The van der Waals surface area contributed by atoms with Gasteiger partial charge in [-0.2, -0.15) is 0 Å². The second-order valence-corrected chi connectivity index (χ2v) is 6.23. The Morgan fingerprint density at radius 1 is 1.00 bits per heavy atom. The van der Waals surface area contributed by atoms with Gasteiger partial charge in [-0.1, -0.05) is 17.7 Å². The molecule has 0 saturated heterocycles. The number of carbonyl (C=O) groups excluding carboxylic acids is 1. The molecule has 0 aliphatic rings. The first-order valence-corrected chi connectivity index (χ1v) is 8.85. The third-order valence-corrected chi connectivity index (χ3v) is 4.05. The van der Waals surface area contributed by atoms with Crippen molar-refractivity contribution in [3.8, 4) is 17.2 Å². The number of amides is 1. The molecule has 0 heterocycles. The first-order valence-electron chi connectivity index (χ1n) is 8.47. The van der Waals surface area contributed by atoms with Crippen molar-refractivity contribution in [3.05, 3.63) is 53.6 Å². The molecule has 0 aliphatic carbocycles. The highest BCUT2D eigenvalue weighted by molar-refractivity contribution is 6.30. The summed E-state index contributed by atoms with van der Waals surface area (Å²) >= 11 is 5.83. The van der Waals surface area contributed by atoms with Crippen LogP contribution in [0, 0.1) is 0 Å². The largest absolute Gasteiger partial charge is 0.497 e. The van der Waals surface area contributed by atoms with E-state index in [2.05, 4.69) is 0 Å². The van der Waals surface area contributed by atoms with Crippen molar-refractivity contribution in [1.29, 1.82) is 0 Å². The first kappa shape index (κ1) is 19.9. The highest BCUT2D eigenvalue weighted by Crippen LogP contribution is 2.19. The second kappa shape index (κ2) is 10.6. The molecule has 0 fully saturated rings. The van der Waals surface area contributed by atoms with Crippen molar-refractivity contribution >= 4 is 17.5 Å². The van der Waals surface area contributed by atoms with Gasteiger partial charge in [0, 0.05) is 24.7 Å². The summed E-state index contributed by atoms with van der Waals surface area (Å²) in [5, 5.41) is 0.689. The minimum atomic E-state index is -0.0635. The Morgan fingerprint density at radius 2 is 1.73 bits per heavy atom. The zero-order valence-corrected chi connectivity index (χ0v) is 15.9. The van der Waals surface area contributed by atoms with E-state index in [1.54, 1.807) is 43.3 Å². The van der Waals surface area contributed by atoms with Crippen LogP contribution in [-0.4, -0.2) is 44.7 Å². The summed E-state index contributed by atoms with van der Waals surface area (Å²) in [6.45, 7) is 1.26. The summed E-state index contributed by atoms with van der Waals surface area (Å²) in [5.74, 6) is 2.04. The maximum atomic E-state index is 12.1. The monoisotopic (exact) mass is 377 g/mol. The van der Waals surface area contributed by atoms with Crippen molar-refractivity contribution in [2.45, 2.75) is 12.8 Å². The van der Waals surface area contributed by atoms with Gasteiger partial charge in [-0.05, 0) is 49.2 Å². The molecule has 0 saturated carbocycles. The molecule has 2 rings (SSSR count). The lowest BCUT2D eigenvalue weighted by Crippen LogP contribution is -2.32. The van der Waals surface area contributed by atoms with Crippen LogP contribution in [0.1, 0.15) is 12.8 Å². The SMILES string of the molecule is COc1cccc(OCC(=O)N(C)CCCCOc2ccc(Cl)cc2)c1. The standard InChI is InChI=1S/C20H24ClNO4/c1-22(12-3-4-13-25-17-10-8-16(21)9-11-17)20(23)15-26-19-7-5-6-18(14-19)24-2/h5-11,14H,3-4,12-13,15H2,1-2H3. The van der Waals surface area contributed by atoms with Crippen LogP contribution in [0.4, 0.5) is 0 Å². The number of benzene rings is 2. The summed E-state index contributed by atoms with van der Waals surface area (Å²) < 4.78 is 16.3. The van der Waals surface area contributed by atoms with Crippen LogP contribution in [0.25, 0.3) is 0 Å². The Bertz CT molecular complexity index is 690. The molecular weight excluding hydrogens is 354 g/mol. The molecule has 0 spiro atoms. The second-order valence-electron chi connectivity index (χ2n) is 5.79. The van der Waals surface area contributed by atoms with Gasteiger partial charge in [-0.15, -0.1) is 0 Å². The van der Waals surface area contributed by atoms with Crippen LogP contribution in [-0.2, 0) is 4.79 Å². The van der Waals surface area contributed by atoms with Gasteiger partial charge in [0.05, 0.1) is 13.7 Å². The average Bonchev–Trinajstić information content (AvgIpc) is 2.67. The Kier molecular flexibility index (Phi) is 8.09. The van der Waals surface area contributed by atoms with E-state index in [1.165, 1.54) is 0 Å². The maximum absolute atomic E-state index is 12.1. The number of ether oxygens (including phenoxy) is 3. The van der Waals surface area contributed by atoms with Gasteiger partial charge in [0.2, 0.25) is 0 Å². The van der Waals surface area contributed by atoms with E-state index in [9.17, 15) is 4.79 Å². The fourth-order valence-corrected chi connectivity index (χ4v) is 2.37. The van der Waals surface area contributed by atoms with Crippen LogP contribution >= 0.6 is 11.6 Å². The number of rotatable bonds is 10. The minimum absolute atomic E-state index is 0.00490. The molecule has 0 unspecified atom stereocenters. The molecule has 6 heteroatoms. The van der Waals surface area contributed by atoms with Gasteiger partial charge in [-0.3, -0.25) is 4.79 Å². The van der Waals surface area contributed by atoms with Crippen LogP contribution in [0.3, 0.4) is 0 Å². The lowest BCUT2D eigenvalue weighted by Gasteiger charge is -2.17. The van der Waals surface area contributed by atoms with Gasteiger partial charge in [0.15, 0.2) is 6.61 Å². The number of hydrogen-bond donors (Lipinski definition) is 0. The van der Waals surface area contributed by atoms with Crippen LogP contribution in [0.15, 0.2) is 48.5 Å². The number of unbranched alkanes of at least 4 members (excludes halogenated alkanes) is 1. The van der Waals surface area contributed by atoms with E-state index >= 15 is 0 Å². The zero-order valence-electron chi connectivity index (χ0n) is 15.1. The number of nitrogens with zero attached hydrogens (tertiary/aromatic N) is 1. The molecule has 0 aromatic heterocycles. The summed E-state index contributed by atoms with van der Waals surface area (Å²) in [6, 6.07) is 14.5. The molecule has 0 aliphatic heterocycles. The van der Waals surface area contributed by atoms with Gasteiger partial charge >= 0.3 is 0 Å². The van der Waals surface area contributed by atoms with E-state index in [-0.39, 0.29) is 12.5 Å². The molecule has 0 bridgehead atoms. The zero-order chi connectivity index (χ0) is 18.8. The molecule has 0 N–H and O–H groups in total. The predicted octanol–water partition coefficient (Wildman–Crippen LogP) is 4.05. The van der Waals surface area contributed by atoms with Crippen molar-refractivity contribution in [1.82, 2.24) is 4.90 Å². The molecule has 2 aromatic carbocycles. The van der Waals surface area contributed by atoms with Crippen molar-refractivity contribution in [2.24, 2.45) is 0 Å². The van der Waals surface area contributed by atoms with Crippen LogP contribution in [0.5, 0.6) is 17.2 Å². The summed E-state index contributed by atoms with van der Waals surface area (Å²) in [6.07, 6.45) is 1.71. The first-order chi connectivity index (χ1) is 12.6. The Hall–Kier alpha value is -2.40. The van der Waals surface area contributed by atoms with Gasteiger partial charge < -0.3 is 19.1 Å². The Labute approximate surface area is 159 Å². The smallest absolute Gasteiger partial charge is 0.260 e. The molecule has 2 aromatic rings. The number of likely N-dealkylation sites (N-methyl/N-ethyl adjacent to an activating group) is 1.